The van der Waals surface area contributed by atoms with E-state index in [0.717, 1.165) is 53.5 Å². The van der Waals surface area contributed by atoms with Gasteiger partial charge in [0.05, 0.1) is 13.7 Å². The zero-order valence-corrected chi connectivity index (χ0v) is 18.2. The van der Waals surface area contributed by atoms with E-state index >= 15 is 0 Å². The lowest BCUT2D eigenvalue weighted by Crippen LogP contribution is -2.21. The highest BCUT2D eigenvalue weighted by Gasteiger charge is 2.14. The fraction of sp³-hybridized carbons (Fsp3) is 0.545. The number of hydrogen-bond acceptors (Lipinski definition) is 7. The largest absolute Gasteiger partial charge is 0.496 e. The third kappa shape index (κ3) is 6.87. The standard InChI is InChI=1S/C22H35N5O2/c1-5-6-7-10-24-21-19(16(2)25-22(23)26-21)14-18-9-8-17(13-20(18)29-4)15-27(3)11-12-28/h8-9,13,28H,5-7,10-12,14-15H2,1-4H3,(H3,23,24,25,26). The summed E-state index contributed by atoms with van der Waals surface area (Å²) < 4.78 is 5.66. The number of likely N-dealkylation sites (N-methyl/N-ethyl adjacent to an activating group) is 1. The van der Waals surface area contributed by atoms with Gasteiger partial charge < -0.3 is 20.9 Å². The second-order valence-electron chi connectivity index (χ2n) is 7.41. The summed E-state index contributed by atoms with van der Waals surface area (Å²) in [4.78, 5) is 10.9. The smallest absolute Gasteiger partial charge is 0.222 e. The molecule has 1 aromatic heterocycles. The summed E-state index contributed by atoms with van der Waals surface area (Å²) in [6, 6.07) is 6.26. The molecule has 1 aromatic carbocycles. The molecule has 4 N–H and O–H groups in total. The maximum Gasteiger partial charge on any atom is 0.222 e. The van der Waals surface area contributed by atoms with E-state index in [1.807, 2.05) is 14.0 Å². The molecular formula is C22H35N5O2. The molecule has 1 heterocycles. The van der Waals surface area contributed by atoms with Crippen LogP contribution in [0, 0.1) is 6.92 Å². The van der Waals surface area contributed by atoms with E-state index in [-0.39, 0.29) is 6.61 Å². The van der Waals surface area contributed by atoms with Crippen LogP contribution >= 0.6 is 0 Å². The van der Waals surface area contributed by atoms with E-state index in [0.29, 0.717) is 18.9 Å². The predicted octanol–water partition coefficient (Wildman–Crippen LogP) is 2.99. The molecule has 160 valence electrons. The Morgan fingerprint density at radius 2 is 2.03 bits per heavy atom. The number of nitrogens with two attached hydrogens (primary N) is 1. The van der Waals surface area contributed by atoms with Crippen molar-refractivity contribution in [3.05, 3.63) is 40.6 Å². The van der Waals surface area contributed by atoms with Gasteiger partial charge in [-0.2, -0.15) is 4.98 Å². The van der Waals surface area contributed by atoms with E-state index in [9.17, 15) is 0 Å². The van der Waals surface area contributed by atoms with Gasteiger partial charge in [-0.1, -0.05) is 31.9 Å². The number of aromatic nitrogens is 2. The lowest BCUT2D eigenvalue weighted by Gasteiger charge is -2.18. The van der Waals surface area contributed by atoms with Gasteiger partial charge in [0.1, 0.15) is 11.6 Å². The van der Waals surface area contributed by atoms with E-state index in [1.54, 1.807) is 7.11 Å². The van der Waals surface area contributed by atoms with Crippen LogP contribution in [0.4, 0.5) is 11.8 Å². The van der Waals surface area contributed by atoms with Crippen molar-refractivity contribution < 1.29 is 9.84 Å². The molecule has 7 nitrogen and oxygen atoms in total. The molecule has 7 heteroatoms. The number of nitrogen functional groups attached to an aromatic ring is 1. The Bertz CT molecular complexity index is 782. The van der Waals surface area contributed by atoms with Gasteiger partial charge in [-0.25, -0.2) is 4.98 Å². The number of nitrogens with zero attached hydrogens (tertiary/aromatic N) is 3. The van der Waals surface area contributed by atoms with Gasteiger partial charge in [0.2, 0.25) is 5.95 Å². The number of hydrogen-bond donors (Lipinski definition) is 3. The minimum absolute atomic E-state index is 0.149. The molecule has 0 aliphatic heterocycles. The van der Waals surface area contributed by atoms with Crippen LogP contribution in [0.3, 0.4) is 0 Å². The normalized spacial score (nSPS) is 11.1. The second-order valence-corrected chi connectivity index (χ2v) is 7.41. The number of rotatable bonds is 12. The Balaban J connectivity index is 2.23. The van der Waals surface area contributed by atoms with Crippen LogP contribution in [0.5, 0.6) is 5.75 Å². The van der Waals surface area contributed by atoms with Crippen LogP contribution in [0.25, 0.3) is 0 Å². The van der Waals surface area contributed by atoms with E-state index < -0.39 is 0 Å². The molecule has 0 fully saturated rings. The van der Waals surface area contributed by atoms with Crippen LogP contribution in [-0.4, -0.2) is 53.8 Å². The number of aryl methyl sites for hydroxylation is 1. The topological polar surface area (TPSA) is 96.5 Å². The third-order valence-corrected chi connectivity index (χ3v) is 4.96. The molecule has 0 unspecified atom stereocenters. The van der Waals surface area contributed by atoms with Gasteiger partial charge in [-0.15, -0.1) is 0 Å². The van der Waals surface area contributed by atoms with Gasteiger partial charge in [-0.05, 0) is 37.6 Å². The summed E-state index contributed by atoms with van der Waals surface area (Å²) >= 11 is 0. The van der Waals surface area contributed by atoms with Crippen molar-refractivity contribution in [3.63, 3.8) is 0 Å². The number of nitrogens with one attached hydrogen (secondary N) is 1. The zero-order valence-electron chi connectivity index (χ0n) is 18.2. The van der Waals surface area contributed by atoms with E-state index in [2.05, 4.69) is 45.3 Å². The van der Waals surface area contributed by atoms with Crippen molar-refractivity contribution >= 4 is 11.8 Å². The minimum atomic E-state index is 0.149. The fourth-order valence-electron chi connectivity index (χ4n) is 3.34. The first-order valence-corrected chi connectivity index (χ1v) is 10.3. The number of methoxy groups -OCH3 is 1. The number of aliphatic hydroxyl groups is 1. The van der Waals surface area contributed by atoms with Gasteiger partial charge in [0.25, 0.3) is 0 Å². The molecular weight excluding hydrogens is 366 g/mol. The first-order chi connectivity index (χ1) is 14.0. The second kappa shape index (κ2) is 11.6. The lowest BCUT2D eigenvalue weighted by atomic mass is 10.0. The maximum atomic E-state index is 9.09. The third-order valence-electron chi connectivity index (χ3n) is 4.96. The Morgan fingerprint density at radius 1 is 1.24 bits per heavy atom. The Hall–Kier alpha value is -2.38. The summed E-state index contributed by atoms with van der Waals surface area (Å²) in [5.74, 6) is 1.94. The lowest BCUT2D eigenvalue weighted by molar-refractivity contribution is 0.217. The molecule has 0 amide bonds. The van der Waals surface area contributed by atoms with Gasteiger partial charge in [-0.3, -0.25) is 4.90 Å². The van der Waals surface area contributed by atoms with E-state index in [1.165, 1.54) is 12.8 Å². The molecule has 29 heavy (non-hydrogen) atoms. The van der Waals surface area contributed by atoms with Gasteiger partial charge in [0, 0.05) is 37.3 Å². The SMILES string of the molecule is CCCCCNc1nc(N)nc(C)c1Cc1ccc(CN(C)CCO)cc1OC. The average Bonchev–Trinajstić information content (AvgIpc) is 2.68. The summed E-state index contributed by atoms with van der Waals surface area (Å²) in [7, 11) is 3.68. The predicted molar refractivity (Wildman–Crippen MR) is 118 cm³/mol. The minimum Gasteiger partial charge on any atom is -0.496 e. The summed E-state index contributed by atoms with van der Waals surface area (Å²) in [6.45, 7) is 6.57. The number of benzene rings is 1. The molecule has 0 saturated heterocycles. The number of anilines is 2. The Labute approximate surface area is 174 Å². The average molecular weight is 402 g/mol. The van der Waals surface area contributed by atoms with Crippen LogP contribution < -0.4 is 15.8 Å². The van der Waals surface area contributed by atoms with E-state index in [4.69, 9.17) is 15.6 Å². The highest BCUT2D eigenvalue weighted by molar-refractivity contribution is 5.53. The van der Waals surface area contributed by atoms with Crippen LogP contribution in [0.15, 0.2) is 18.2 Å². The highest BCUT2D eigenvalue weighted by Crippen LogP contribution is 2.28. The maximum absolute atomic E-state index is 9.09. The number of unbranched alkanes of at least 4 members (excludes halogenated alkanes) is 2. The molecule has 0 aliphatic carbocycles. The van der Waals surface area contributed by atoms with Crippen molar-refractivity contribution in [3.8, 4) is 5.75 Å². The van der Waals surface area contributed by atoms with Crippen molar-refractivity contribution in [2.75, 3.05) is 44.9 Å². The molecule has 0 atom stereocenters. The first-order valence-electron chi connectivity index (χ1n) is 10.3. The highest BCUT2D eigenvalue weighted by atomic mass is 16.5. The molecule has 0 spiro atoms. The fourth-order valence-corrected chi connectivity index (χ4v) is 3.34. The van der Waals surface area contributed by atoms with Crippen LogP contribution in [-0.2, 0) is 13.0 Å². The molecule has 0 radical (unpaired) electrons. The van der Waals surface area contributed by atoms with Crippen LogP contribution in [0.2, 0.25) is 0 Å². The Morgan fingerprint density at radius 3 is 2.72 bits per heavy atom. The molecule has 2 aromatic rings. The zero-order chi connectivity index (χ0) is 21.2. The monoisotopic (exact) mass is 401 g/mol. The van der Waals surface area contributed by atoms with Crippen molar-refractivity contribution in [1.29, 1.82) is 0 Å². The molecule has 0 bridgehead atoms. The van der Waals surface area contributed by atoms with Crippen molar-refractivity contribution in [2.45, 2.75) is 46.1 Å². The van der Waals surface area contributed by atoms with Crippen molar-refractivity contribution in [2.24, 2.45) is 0 Å². The molecule has 0 aliphatic rings. The summed E-state index contributed by atoms with van der Waals surface area (Å²) in [5, 5.41) is 12.5. The Kier molecular flexibility index (Phi) is 9.15. The first kappa shape index (κ1) is 22.9. The van der Waals surface area contributed by atoms with Crippen molar-refractivity contribution in [1.82, 2.24) is 14.9 Å². The quantitative estimate of drug-likeness (QED) is 0.470. The van der Waals surface area contributed by atoms with Gasteiger partial charge >= 0.3 is 0 Å². The summed E-state index contributed by atoms with van der Waals surface area (Å²) in [5.41, 5.74) is 10.0. The number of aliphatic hydroxyl groups excluding tert-OH is 1. The van der Waals surface area contributed by atoms with Crippen LogP contribution in [0.1, 0.15) is 48.6 Å². The molecule has 0 saturated carbocycles. The molecule has 2 rings (SSSR count). The van der Waals surface area contributed by atoms with Gasteiger partial charge in [0.15, 0.2) is 0 Å². The number of ether oxygens (including phenoxy) is 1. The summed E-state index contributed by atoms with van der Waals surface area (Å²) in [6.07, 6.45) is 4.12.